The predicted molar refractivity (Wildman–Crippen MR) is 93.9 cm³/mol. The zero-order valence-electron chi connectivity index (χ0n) is 16.1. The lowest BCUT2D eigenvalue weighted by Crippen LogP contribution is -2.41. The van der Waals surface area contributed by atoms with Crippen LogP contribution < -0.4 is 5.32 Å². The first-order valence-electron chi connectivity index (χ1n) is 9.94. The number of allylic oxidation sites excluding steroid dienone is 1. The third-order valence-electron chi connectivity index (χ3n) is 6.67. The van der Waals surface area contributed by atoms with Crippen LogP contribution in [0.3, 0.4) is 0 Å². The highest BCUT2D eigenvalue weighted by atomic mass is 19.4. The molecule has 0 aromatic carbocycles. The van der Waals surface area contributed by atoms with Crippen LogP contribution in [0.15, 0.2) is 12.3 Å². The Hall–Kier alpha value is -0.880. The van der Waals surface area contributed by atoms with E-state index in [9.17, 15) is 26.3 Å². The number of alkyl halides is 6. The molecule has 7 heteroatoms. The summed E-state index contributed by atoms with van der Waals surface area (Å²) in [5, 5.41) is 3.08. The fourth-order valence-electron chi connectivity index (χ4n) is 4.64. The number of nitrogens with one attached hydrogen (secondary N) is 1. The van der Waals surface area contributed by atoms with Gasteiger partial charge in [0.2, 0.25) is 0 Å². The summed E-state index contributed by atoms with van der Waals surface area (Å²) in [6, 6.07) is 0. The molecule has 27 heavy (non-hydrogen) atoms. The third-order valence-corrected chi connectivity index (χ3v) is 6.67. The molecule has 0 heterocycles. The molecule has 2 aliphatic carbocycles. The van der Waals surface area contributed by atoms with E-state index in [-0.39, 0.29) is 25.3 Å². The van der Waals surface area contributed by atoms with Crippen molar-refractivity contribution in [2.45, 2.75) is 71.1 Å². The molecule has 3 atom stereocenters. The van der Waals surface area contributed by atoms with E-state index < -0.39 is 36.5 Å². The molecule has 0 aromatic rings. The van der Waals surface area contributed by atoms with Crippen molar-refractivity contribution in [3.8, 4) is 0 Å². The first-order chi connectivity index (χ1) is 12.4. The molecule has 2 aliphatic rings. The highest BCUT2D eigenvalue weighted by Gasteiger charge is 2.51. The van der Waals surface area contributed by atoms with Crippen molar-refractivity contribution >= 4 is 0 Å². The molecule has 0 aliphatic heterocycles. The molecule has 0 amide bonds. The molecule has 1 N–H and O–H groups in total. The van der Waals surface area contributed by atoms with E-state index in [1.165, 1.54) is 0 Å². The highest BCUT2D eigenvalue weighted by molar-refractivity contribution is 5.00. The molecule has 0 spiro atoms. The van der Waals surface area contributed by atoms with Crippen molar-refractivity contribution in [1.29, 1.82) is 0 Å². The lowest BCUT2D eigenvalue weighted by atomic mass is 9.74. The van der Waals surface area contributed by atoms with Gasteiger partial charge in [-0.3, -0.25) is 0 Å². The molecule has 2 fully saturated rings. The molecule has 1 nitrogen and oxygen atoms in total. The van der Waals surface area contributed by atoms with Crippen LogP contribution in [-0.4, -0.2) is 18.9 Å². The molecular weight excluding hydrogens is 368 g/mol. The van der Waals surface area contributed by atoms with Crippen molar-refractivity contribution in [3.63, 3.8) is 0 Å². The topological polar surface area (TPSA) is 12.0 Å². The molecule has 0 saturated heterocycles. The SMILES string of the molecule is C=C(NCC1CC(C(F)(F)F)CC(C(F)(F)F)C1)C(C)C1CCC(C)CC1. The summed E-state index contributed by atoms with van der Waals surface area (Å²) in [4.78, 5) is 0. The van der Waals surface area contributed by atoms with E-state index >= 15 is 0 Å². The van der Waals surface area contributed by atoms with Gasteiger partial charge in [0.05, 0.1) is 11.8 Å². The Morgan fingerprint density at radius 2 is 1.41 bits per heavy atom. The van der Waals surface area contributed by atoms with Gasteiger partial charge in [-0.25, -0.2) is 0 Å². The number of rotatable bonds is 5. The second kappa shape index (κ2) is 8.64. The van der Waals surface area contributed by atoms with Gasteiger partial charge in [-0.15, -0.1) is 0 Å². The lowest BCUT2D eigenvalue weighted by Gasteiger charge is -2.37. The number of hydrogen-bond acceptors (Lipinski definition) is 1. The van der Waals surface area contributed by atoms with Gasteiger partial charge in [0, 0.05) is 12.2 Å². The normalized spacial score (nSPS) is 34.1. The van der Waals surface area contributed by atoms with Gasteiger partial charge in [0.15, 0.2) is 0 Å². The zero-order chi connectivity index (χ0) is 20.4. The third kappa shape index (κ3) is 6.31. The molecule has 3 unspecified atom stereocenters. The fraction of sp³-hybridized carbons (Fsp3) is 0.900. The fourth-order valence-corrected chi connectivity index (χ4v) is 4.64. The second-order valence-electron chi connectivity index (χ2n) is 8.76. The Balaban J connectivity index is 1.91. The largest absolute Gasteiger partial charge is 0.391 e. The summed E-state index contributed by atoms with van der Waals surface area (Å²) in [5.41, 5.74) is 0.743. The first kappa shape index (κ1) is 22.4. The summed E-state index contributed by atoms with van der Waals surface area (Å²) in [5.74, 6) is -3.02. The minimum Gasteiger partial charge on any atom is -0.388 e. The van der Waals surface area contributed by atoms with Crippen molar-refractivity contribution in [3.05, 3.63) is 12.3 Å². The van der Waals surface area contributed by atoms with Crippen LogP contribution in [0.25, 0.3) is 0 Å². The monoisotopic (exact) mass is 399 g/mol. The van der Waals surface area contributed by atoms with Crippen LogP contribution in [0, 0.1) is 35.5 Å². The molecule has 0 aromatic heterocycles. The van der Waals surface area contributed by atoms with Crippen LogP contribution in [0.1, 0.15) is 58.8 Å². The summed E-state index contributed by atoms with van der Waals surface area (Å²) >= 11 is 0. The van der Waals surface area contributed by atoms with Crippen LogP contribution in [0.5, 0.6) is 0 Å². The number of halogens is 6. The molecule has 0 radical (unpaired) electrons. The van der Waals surface area contributed by atoms with Gasteiger partial charge in [-0.05, 0) is 55.8 Å². The Morgan fingerprint density at radius 1 is 0.926 bits per heavy atom. The van der Waals surface area contributed by atoms with E-state index in [2.05, 4.69) is 18.8 Å². The van der Waals surface area contributed by atoms with E-state index in [0.29, 0.717) is 5.92 Å². The average molecular weight is 399 g/mol. The molecule has 0 bridgehead atoms. The summed E-state index contributed by atoms with van der Waals surface area (Å²) in [6.45, 7) is 8.42. The Labute approximate surface area is 158 Å². The van der Waals surface area contributed by atoms with Gasteiger partial charge < -0.3 is 5.32 Å². The zero-order valence-corrected chi connectivity index (χ0v) is 16.1. The van der Waals surface area contributed by atoms with Crippen LogP contribution in [0.4, 0.5) is 26.3 Å². The summed E-state index contributed by atoms with van der Waals surface area (Å²) in [7, 11) is 0. The second-order valence-corrected chi connectivity index (χ2v) is 8.76. The highest BCUT2D eigenvalue weighted by Crippen LogP contribution is 2.47. The maximum absolute atomic E-state index is 13.1. The van der Waals surface area contributed by atoms with Gasteiger partial charge in [0.1, 0.15) is 0 Å². The van der Waals surface area contributed by atoms with Crippen molar-refractivity contribution in [2.75, 3.05) is 6.54 Å². The molecule has 2 saturated carbocycles. The maximum atomic E-state index is 13.1. The van der Waals surface area contributed by atoms with E-state index in [1.807, 2.05) is 6.92 Å². The molecular formula is C20H31F6N. The average Bonchev–Trinajstić information content (AvgIpc) is 2.58. The summed E-state index contributed by atoms with van der Waals surface area (Å²) in [6.07, 6.45) is -5.98. The maximum Gasteiger partial charge on any atom is 0.391 e. The Morgan fingerprint density at radius 3 is 1.85 bits per heavy atom. The molecule has 2 rings (SSSR count). The predicted octanol–water partition coefficient (Wildman–Crippen LogP) is 6.71. The van der Waals surface area contributed by atoms with Crippen LogP contribution in [-0.2, 0) is 0 Å². The minimum absolute atomic E-state index is 0.130. The van der Waals surface area contributed by atoms with Crippen LogP contribution >= 0.6 is 0 Å². The lowest BCUT2D eigenvalue weighted by molar-refractivity contribution is -0.228. The van der Waals surface area contributed by atoms with E-state index in [1.54, 1.807) is 0 Å². The van der Waals surface area contributed by atoms with Crippen LogP contribution in [0.2, 0.25) is 0 Å². The smallest absolute Gasteiger partial charge is 0.388 e. The van der Waals surface area contributed by atoms with E-state index in [0.717, 1.165) is 37.3 Å². The van der Waals surface area contributed by atoms with E-state index in [4.69, 9.17) is 0 Å². The standard InChI is InChI=1S/C20H31F6N/c1-12-4-6-16(7-5-12)13(2)14(3)27-11-15-8-17(19(21,22)23)10-18(9-15)20(24,25)26/h12-13,15-18,27H,3-11H2,1-2H3. The minimum atomic E-state index is -4.58. The van der Waals surface area contributed by atoms with Gasteiger partial charge >= 0.3 is 12.4 Å². The van der Waals surface area contributed by atoms with Crippen molar-refractivity contribution in [1.82, 2.24) is 5.32 Å². The molecule has 158 valence electrons. The summed E-state index contributed by atoms with van der Waals surface area (Å²) < 4.78 is 78.4. The van der Waals surface area contributed by atoms with Crippen molar-refractivity contribution in [2.24, 2.45) is 35.5 Å². The van der Waals surface area contributed by atoms with Crippen molar-refractivity contribution < 1.29 is 26.3 Å². The Kier molecular flexibility index (Phi) is 7.17. The van der Waals surface area contributed by atoms with Gasteiger partial charge in [-0.1, -0.05) is 33.3 Å². The van der Waals surface area contributed by atoms with Gasteiger partial charge in [0.25, 0.3) is 0 Å². The quantitative estimate of drug-likeness (QED) is 0.507. The number of hydrogen-bond donors (Lipinski definition) is 1. The first-order valence-corrected chi connectivity index (χ1v) is 9.94. The van der Waals surface area contributed by atoms with Gasteiger partial charge in [-0.2, -0.15) is 26.3 Å². The Bertz CT molecular complexity index is 468.